The molecule has 0 aliphatic carbocycles. The van der Waals surface area contributed by atoms with Gasteiger partial charge in [-0.05, 0) is 64.2 Å². The number of phosphoric acid groups is 1. The maximum absolute atomic E-state index is 12.8. The number of nitrogens with one attached hydrogen (secondary N) is 1. The van der Waals surface area contributed by atoms with E-state index in [0.29, 0.717) is 23.9 Å². The van der Waals surface area contributed by atoms with Crippen LogP contribution in [0.4, 0.5) is 0 Å². The molecule has 0 spiro atoms. The van der Waals surface area contributed by atoms with Crippen molar-refractivity contribution >= 4 is 13.7 Å². The summed E-state index contributed by atoms with van der Waals surface area (Å²) in [4.78, 5) is 25.3. The van der Waals surface area contributed by atoms with Gasteiger partial charge in [0, 0.05) is 6.42 Å². The number of amides is 1. The van der Waals surface area contributed by atoms with Gasteiger partial charge >= 0.3 is 0 Å². The van der Waals surface area contributed by atoms with Crippen molar-refractivity contribution in [2.24, 2.45) is 0 Å². The number of allylic oxidation sites excluding steroid dienone is 4. The van der Waals surface area contributed by atoms with Crippen molar-refractivity contribution in [2.45, 2.75) is 212 Å². The molecule has 0 aromatic carbocycles. The smallest absolute Gasteiger partial charge is 0.268 e. The second-order valence-electron chi connectivity index (χ2n) is 16.4. The van der Waals surface area contributed by atoms with Crippen molar-refractivity contribution in [1.29, 1.82) is 0 Å². The van der Waals surface area contributed by atoms with E-state index in [1.165, 1.54) is 128 Å². The van der Waals surface area contributed by atoms with Gasteiger partial charge in [-0.3, -0.25) is 9.36 Å². The van der Waals surface area contributed by atoms with Crippen LogP contribution in [0, 0.1) is 0 Å². The van der Waals surface area contributed by atoms with E-state index in [-0.39, 0.29) is 19.1 Å². The summed E-state index contributed by atoms with van der Waals surface area (Å²) in [5.41, 5.74) is 0. The maximum atomic E-state index is 12.8. The number of nitrogens with zero attached hydrogens (tertiary/aromatic N) is 1. The van der Waals surface area contributed by atoms with Crippen LogP contribution < -0.4 is 10.2 Å². The minimum absolute atomic E-state index is 0.00717. The molecule has 0 aromatic rings. The number of hydrogen-bond acceptors (Lipinski definition) is 6. The zero-order valence-electron chi connectivity index (χ0n) is 35.5. The molecule has 0 aromatic heterocycles. The minimum Gasteiger partial charge on any atom is -0.756 e. The van der Waals surface area contributed by atoms with Gasteiger partial charge in [0.1, 0.15) is 13.2 Å². The van der Waals surface area contributed by atoms with Crippen molar-refractivity contribution in [3.63, 3.8) is 0 Å². The Balaban J connectivity index is 4.34. The molecule has 9 heteroatoms. The molecule has 2 N–H and O–H groups in total. The Kier molecular flexibility index (Phi) is 35.9. The first-order chi connectivity index (χ1) is 25.5. The Morgan fingerprint density at radius 1 is 0.642 bits per heavy atom. The van der Waals surface area contributed by atoms with Crippen molar-refractivity contribution < 1.29 is 32.9 Å². The van der Waals surface area contributed by atoms with E-state index in [2.05, 4.69) is 43.5 Å². The van der Waals surface area contributed by atoms with Crippen molar-refractivity contribution in [3.8, 4) is 0 Å². The number of unbranched alkanes of at least 4 members (excludes halogenated alkanes) is 23. The number of rotatable bonds is 40. The van der Waals surface area contributed by atoms with Gasteiger partial charge in [0.25, 0.3) is 7.82 Å². The monoisotopic (exact) mass is 771 g/mol. The highest BCUT2D eigenvalue weighted by molar-refractivity contribution is 7.45. The largest absolute Gasteiger partial charge is 0.756 e. The van der Waals surface area contributed by atoms with Gasteiger partial charge in [-0.25, -0.2) is 0 Å². The summed E-state index contributed by atoms with van der Waals surface area (Å²) in [5.74, 6) is -0.178. The van der Waals surface area contributed by atoms with Gasteiger partial charge in [0.2, 0.25) is 5.91 Å². The molecule has 8 nitrogen and oxygen atoms in total. The topological polar surface area (TPSA) is 108 Å². The van der Waals surface area contributed by atoms with Gasteiger partial charge < -0.3 is 28.8 Å². The molecule has 0 saturated carbocycles. The predicted molar refractivity (Wildman–Crippen MR) is 224 cm³/mol. The number of hydrogen-bond donors (Lipinski definition) is 2. The van der Waals surface area contributed by atoms with Gasteiger partial charge in [-0.2, -0.15) is 0 Å². The summed E-state index contributed by atoms with van der Waals surface area (Å²) in [5, 5.41) is 13.9. The average Bonchev–Trinajstić information content (AvgIpc) is 3.10. The quantitative estimate of drug-likeness (QED) is 0.0278. The summed E-state index contributed by atoms with van der Waals surface area (Å²) in [6, 6.07) is -0.814. The van der Waals surface area contributed by atoms with E-state index in [9.17, 15) is 19.4 Å². The molecule has 0 aliphatic rings. The number of aliphatic hydroxyl groups is 1. The second kappa shape index (κ2) is 36.6. The first-order valence-electron chi connectivity index (χ1n) is 22.2. The van der Waals surface area contributed by atoms with Gasteiger partial charge in [-0.1, -0.05) is 154 Å². The van der Waals surface area contributed by atoms with Crippen molar-refractivity contribution in [1.82, 2.24) is 5.32 Å². The number of likely N-dealkylation sites (N-methyl/N-ethyl adjacent to an activating group) is 1. The summed E-state index contributed by atoms with van der Waals surface area (Å²) in [6.07, 6.45) is 41.8. The van der Waals surface area contributed by atoms with Crippen LogP contribution in [0.5, 0.6) is 0 Å². The standard InChI is InChI=1S/C44H87N2O6P/c1-6-8-10-12-14-16-18-20-21-22-23-24-25-26-28-30-32-34-36-38-44(48)45-42(41-52-53(49,50)51-40-39-46(3,4)5)43(47)37-35-33-31-29-27-19-17-15-13-11-9-7-2/h20-21,27,29,42-43,47H,6-19,22-26,28,30-41H2,1-5H3,(H-,45,48,49,50)/b21-20+,29-27+/t42-,43+/m0/s1. The van der Waals surface area contributed by atoms with E-state index >= 15 is 0 Å². The van der Waals surface area contributed by atoms with Crippen LogP contribution in [-0.2, 0) is 18.4 Å². The highest BCUT2D eigenvalue weighted by Gasteiger charge is 2.24. The molecule has 0 fully saturated rings. The maximum Gasteiger partial charge on any atom is 0.268 e. The summed E-state index contributed by atoms with van der Waals surface area (Å²) in [7, 11) is 1.29. The molecule has 1 amide bonds. The fourth-order valence-electron chi connectivity index (χ4n) is 6.32. The van der Waals surface area contributed by atoms with E-state index in [1.54, 1.807) is 0 Å². The van der Waals surface area contributed by atoms with E-state index in [1.807, 2.05) is 21.1 Å². The van der Waals surface area contributed by atoms with Crippen LogP contribution in [0.2, 0.25) is 0 Å². The minimum atomic E-state index is -4.57. The van der Waals surface area contributed by atoms with Gasteiger partial charge in [-0.15, -0.1) is 0 Å². The van der Waals surface area contributed by atoms with E-state index in [4.69, 9.17) is 9.05 Å². The Hall–Kier alpha value is -1.02. The first-order valence-corrected chi connectivity index (χ1v) is 23.6. The Morgan fingerprint density at radius 3 is 1.47 bits per heavy atom. The van der Waals surface area contributed by atoms with Crippen LogP contribution in [0.25, 0.3) is 0 Å². The third kappa shape index (κ3) is 39.0. The second-order valence-corrected chi connectivity index (χ2v) is 17.8. The zero-order chi connectivity index (χ0) is 39.3. The van der Waals surface area contributed by atoms with E-state index < -0.39 is 20.0 Å². The van der Waals surface area contributed by atoms with Crippen LogP contribution >= 0.6 is 7.82 Å². The molecule has 53 heavy (non-hydrogen) atoms. The van der Waals surface area contributed by atoms with Gasteiger partial charge in [0.15, 0.2) is 0 Å². The Labute approximate surface area is 328 Å². The Bertz CT molecular complexity index is 922. The van der Waals surface area contributed by atoms with E-state index in [0.717, 1.165) is 44.9 Å². The lowest BCUT2D eigenvalue weighted by atomic mass is 10.0. The molecule has 314 valence electrons. The fraction of sp³-hybridized carbons (Fsp3) is 0.886. The fourth-order valence-corrected chi connectivity index (χ4v) is 7.04. The molecule has 0 bridgehead atoms. The molecule has 0 heterocycles. The zero-order valence-corrected chi connectivity index (χ0v) is 36.4. The number of quaternary nitrogens is 1. The van der Waals surface area contributed by atoms with Crippen molar-refractivity contribution in [3.05, 3.63) is 24.3 Å². The first kappa shape index (κ1) is 52.0. The number of carbonyl (C=O) groups is 1. The third-order valence-electron chi connectivity index (χ3n) is 9.91. The number of phosphoric ester groups is 1. The van der Waals surface area contributed by atoms with Gasteiger partial charge in [0.05, 0.1) is 39.9 Å². The summed E-state index contributed by atoms with van der Waals surface area (Å²) >= 11 is 0. The van der Waals surface area contributed by atoms with Crippen molar-refractivity contribution in [2.75, 3.05) is 40.9 Å². The lowest BCUT2D eigenvalue weighted by Gasteiger charge is -2.30. The lowest BCUT2D eigenvalue weighted by Crippen LogP contribution is -2.46. The third-order valence-corrected chi connectivity index (χ3v) is 10.9. The average molecular weight is 771 g/mol. The molecule has 0 saturated heterocycles. The highest BCUT2D eigenvalue weighted by Crippen LogP contribution is 2.38. The lowest BCUT2D eigenvalue weighted by molar-refractivity contribution is -0.870. The summed E-state index contributed by atoms with van der Waals surface area (Å²) in [6.45, 7) is 4.68. The molecule has 1 unspecified atom stereocenters. The SMILES string of the molecule is CCCCCCCC/C=C/CCCCCCCCCCCC(=O)N[C@@H](COP(=O)([O-])OCC[N+](C)(C)C)[C@H](O)CCCC/C=C/CCCCCCCC. The molecular formula is C44H87N2O6P. The van der Waals surface area contributed by atoms with Crippen LogP contribution in [0.1, 0.15) is 200 Å². The molecular weight excluding hydrogens is 683 g/mol. The molecule has 3 atom stereocenters. The Morgan fingerprint density at radius 2 is 1.04 bits per heavy atom. The molecule has 0 aliphatic heterocycles. The molecule has 0 rings (SSSR count). The van der Waals surface area contributed by atoms with Crippen LogP contribution in [0.15, 0.2) is 24.3 Å². The summed E-state index contributed by atoms with van der Waals surface area (Å²) < 4.78 is 23.2. The van der Waals surface area contributed by atoms with Crippen LogP contribution in [-0.4, -0.2) is 68.5 Å². The molecule has 0 radical (unpaired) electrons. The van der Waals surface area contributed by atoms with Crippen LogP contribution in [0.3, 0.4) is 0 Å². The highest BCUT2D eigenvalue weighted by atomic mass is 31.2. The number of carbonyl (C=O) groups excluding carboxylic acids is 1. The number of aliphatic hydroxyl groups excluding tert-OH is 1. The normalized spacial score (nSPS) is 14.6. The predicted octanol–water partition coefficient (Wildman–Crippen LogP) is 11.5.